The number of allylic oxidation sites excluding steroid dienone is 1. The van der Waals surface area contributed by atoms with Crippen LogP contribution in [0.4, 0.5) is 0 Å². The molecular formula is C18H22BrNO5. The van der Waals surface area contributed by atoms with Gasteiger partial charge in [-0.15, -0.1) is 0 Å². The lowest BCUT2D eigenvalue weighted by molar-refractivity contribution is -0.269. The van der Waals surface area contributed by atoms with Gasteiger partial charge in [0.2, 0.25) is 0 Å². The molecule has 0 aliphatic carbocycles. The first-order valence-corrected chi connectivity index (χ1v) is 8.87. The van der Waals surface area contributed by atoms with Gasteiger partial charge in [-0.3, -0.25) is 0 Å². The number of hydrogen-bond donors (Lipinski definition) is 1. The minimum atomic E-state index is -1.19. The third-order valence-electron chi connectivity index (χ3n) is 4.91. The van der Waals surface area contributed by atoms with E-state index in [0.29, 0.717) is 24.2 Å². The van der Waals surface area contributed by atoms with Crippen molar-refractivity contribution in [1.29, 1.82) is 0 Å². The molecule has 0 spiro atoms. The zero-order valence-corrected chi connectivity index (χ0v) is 16.1. The summed E-state index contributed by atoms with van der Waals surface area (Å²) in [6, 6.07) is 7.86. The van der Waals surface area contributed by atoms with Crippen LogP contribution in [-0.2, 0) is 25.5 Å². The fourth-order valence-electron chi connectivity index (χ4n) is 3.67. The summed E-state index contributed by atoms with van der Waals surface area (Å²) in [7, 11) is 2.89. The molecule has 1 N–H and O–H groups in total. The highest BCUT2D eigenvalue weighted by atomic mass is 79.9. The van der Waals surface area contributed by atoms with E-state index in [-0.39, 0.29) is 12.5 Å². The molecule has 2 bridgehead atoms. The van der Waals surface area contributed by atoms with Crippen LogP contribution in [-0.4, -0.2) is 48.8 Å². The van der Waals surface area contributed by atoms with Gasteiger partial charge in [-0.05, 0) is 24.6 Å². The summed E-state index contributed by atoms with van der Waals surface area (Å²) in [4.78, 5) is 14.2. The molecule has 0 saturated carbocycles. The van der Waals surface area contributed by atoms with Gasteiger partial charge < -0.3 is 24.2 Å². The van der Waals surface area contributed by atoms with E-state index in [1.807, 2.05) is 36.1 Å². The number of benzene rings is 1. The van der Waals surface area contributed by atoms with Crippen molar-refractivity contribution in [2.45, 2.75) is 31.9 Å². The van der Waals surface area contributed by atoms with Gasteiger partial charge in [0.1, 0.15) is 0 Å². The Hall–Kier alpha value is -1.41. The van der Waals surface area contributed by atoms with Crippen LogP contribution in [0.15, 0.2) is 40.0 Å². The van der Waals surface area contributed by atoms with Crippen LogP contribution >= 0.6 is 15.9 Å². The monoisotopic (exact) mass is 411 g/mol. The van der Waals surface area contributed by atoms with E-state index in [9.17, 15) is 9.90 Å². The van der Waals surface area contributed by atoms with Crippen molar-refractivity contribution in [3.63, 3.8) is 0 Å². The fraction of sp³-hybridized carbons (Fsp3) is 0.500. The number of nitrogens with zero attached hydrogens (tertiary/aromatic N) is 1. The summed E-state index contributed by atoms with van der Waals surface area (Å²) >= 11 is 3.42. The van der Waals surface area contributed by atoms with Crippen LogP contribution in [0.2, 0.25) is 0 Å². The Kier molecular flexibility index (Phi) is 5.20. The topological polar surface area (TPSA) is 68.2 Å². The number of halogens is 1. The summed E-state index contributed by atoms with van der Waals surface area (Å²) in [5, 5.41) is 11.2. The van der Waals surface area contributed by atoms with Gasteiger partial charge in [-0.2, -0.15) is 0 Å². The Bertz CT molecular complexity index is 689. The van der Waals surface area contributed by atoms with E-state index in [2.05, 4.69) is 15.9 Å². The summed E-state index contributed by atoms with van der Waals surface area (Å²) in [6.07, 6.45) is -0.219. The molecule has 3 atom stereocenters. The van der Waals surface area contributed by atoms with Crippen LogP contribution in [0.3, 0.4) is 0 Å². The van der Waals surface area contributed by atoms with Crippen molar-refractivity contribution in [3.05, 3.63) is 45.6 Å². The molecule has 6 nitrogen and oxygen atoms in total. The van der Waals surface area contributed by atoms with Crippen LogP contribution in [0, 0.1) is 5.92 Å². The summed E-state index contributed by atoms with van der Waals surface area (Å²) < 4.78 is 17.0. The van der Waals surface area contributed by atoms with Crippen molar-refractivity contribution in [3.8, 4) is 0 Å². The molecule has 1 aromatic carbocycles. The predicted molar refractivity (Wildman–Crippen MR) is 94.2 cm³/mol. The maximum absolute atomic E-state index is 12.4. The van der Waals surface area contributed by atoms with Gasteiger partial charge in [-0.25, -0.2) is 4.79 Å². The number of hydrogen-bond acceptors (Lipinski definition) is 6. The minimum Gasteiger partial charge on any atom is -0.466 e. The van der Waals surface area contributed by atoms with E-state index in [4.69, 9.17) is 14.2 Å². The molecule has 136 valence electrons. The number of rotatable bonds is 4. The van der Waals surface area contributed by atoms with Gasteiger partial charge in [0.05, 0.1) is 19.3 Å². The molecule has 1 saturated heterocycles. The summed E-state index contributed by atoms with van der Waals surface area (Å²) in [5.41, 5.74) is 1.02. The number of carbonyl (C=O) groups excluding carboxylic acids is 1. The quantitative estimate of drug-likeness (QED) is 0.767. The van der Waals surface area contributed by atoms with E-state index in [0.717, 1.165) is 10.0 Å². The Balaban J connectivity index is 2.02. The maximum atomic E-state index is 12.4. The Morgan fingerprint density at radius 2 is 2.08 bits per heavy atom. The van der Waals surface area contributed by atoms with Crippen molar-refractivity contribution in [1.82, 2.24) is 4.90 Å². The first kappa shape index (κ1) is 18.4. The number of esters is 1. The zero-order valence-electron chi connectivity index (χ0n) is 14.5. The number of aliphatic hydroxyl groups is 1. The molecule has 0 amide bonds. The molecule has 2 heterocycles. The first-order valence-electron chi connectivity index (χ1n) is 8.07. The van der Waals surface area contributed by atoms with Crippen molar-refractivity contribution < 1.29 is 24.1 Å². The van der Waals surface area contributed by atoms with Gasteiger partial charge in [-0.1, -0.05) is 28.1 Å². The molecule has 0 unspecified atom stereocenters. The van der Waals surface area contributed by atoms with Gasteiger partial charge in [0.25, 0.3) is 0 Å². The second-order valence-corrected chi connectivity index (χ2v) is 7.33. The fourth-order valence-corrected chi connectivity index (χ4v) is 3.94. The van der Waals surface area contributed by atoms with Crippen molar-refractivity contribution in [2.75, 3.05) is 20.8 Å². The third kappa shape index (κ3) is 3.33. The summed E-state index contributed by atoms with van der Waals surface area (Å²) in [5.74, 6) is -0.782. The maximum Gasteiger partial charge on any atom is 0.335 e. The lowest BCUT2D eigenvalue weighted by Crippen LogP contribution is -2.61. The molecular weight excluding hydrogens is 390 g/mol. The van der Waals surface area contributed by atoms with Crippen LogP contribution in [0.5, 0.6) is 0 Å². The van der Waals surface area contributed by atoms with Crippen LogP contribution in [0.25, 0.3) is 0 Å². The van der Waals surface area contributed by atoms with Crippen LogP contribution in [0.1, 0.15) is 18.9 Å². The molecule has 25 heavy (non-hydrogen) atoms. The van der Waals surface area contributed by atoms with Crippen molar-refractivity contribution >= 4 is 21.9 Å². The highest BCUT2D eigenvalue weighted by molar-refractivity contribution is 9.10. The standard InChI is InChI=1S/C18H22BrNO5/c1-11-15(16(21)23-2)14-8-18(22,10-25-17(14)24-3)20(11)9-12-4-6-13(19)7-5-12/h4-7,14,17,22H,8-10H2,1-3H3/t14-,17+,18+/m1/s1. The smallest absolute Gasteiger partial charge is 0.335 e. The molecule has 7 heteroatoms. The molecule has 0 radical (unpaired) electrons. The van der Waals surface area contributed by atoms with E-state index >= 15 is 0 Å². The highest BCUT2D eigenvalue weighted by Gasteiger charge is 2.52. The molecule has 3 rings (SSSR count). The van der Waals surface area contributed by atoms with E-state index in [1.54, 1.807) is 0 Å². The second-order valence-electron chi connectivity index (χ2n) is 6.41. The largest absolute Gasteiger partial charge is 0.466 e. The third-order valence-corrected chi connectivity index (χ3v) is 5.44. The minimum absolute atomic E-state index is 0.115. The van der Waals surface area contributed by atoms with Crippen molar-refractivity contribution in [2.24, 2.45) is 5.92 Å². The van der Waals surface area contributed by atoms with Gasteiger partial charge >= 0.3 is 5.97 Å². The molecule has 0 aromatic heterocycles. The first-order chi connectivity index (χ1) is 11.9. The average Bonchev–Trinajstić information content (AvgIpc) is 2.60. The average molecular weight is 412 g/mol. The lowest BCUT2D eigenvalue weighted by Gasteiger charge is -2.52. The molecule has 2 aliphatic rings. The lowest BCUT2D eigenvalue weighted by atomic mass is 9.81. The van der Waals surface area contributed by atoms with Crippen LogP contribution < -0.4 is 0 Å². The Morgan fingerprint density at radius 1 is 1.40 bits per heavy atom. The SMILES string of the molecule is COC(=O)C1=C(C)N(Cc2ccc(Br)cc2)[C@@]2(O)CO[C@H](OC)[C@@H]1C2. The highest BCUT2D eigenvalue weighted by Crippen LogP contribution is 2.44. The zero-order chi connectivity index (χ0) is 18.2. The Morgan fingerprint density at radius 3 is 2.68 bits per heavy atom. The molecule has 1 fully saturated rings. The second kappa shape index (κ2) is 7.07. The van der Waals surface area contributed by atoms with Gasteiger partial charge in [0, 0.05) is 36.2 Å². The number of carbonyl (C=O) groups is 1. The normalized spacial score (nSPS) is 28.9. The molecule has 1 aromatic rings. The number of methoxy groups -OCH3 is 2. The predicted octanol–water partition coefficient (Wildman–Crippen LogP) is 2.41. The molecule has 2 aliphatic heterocycles. The Labute approximate surface area is 155 Å². The number of fused-ring (bicyclic) bond motifs is 2. The van der Waals surface area contributed by atoms with Gasteiger partial charge in [0.15, 0.2) is 12.0 Å². The van der Waals surface area contributed by atoms with E-state index in [1.165, 1.54) is 14.2 Å². The summed E-state index contributed by atoms with van der Waals surface area (Å²) in [6.45, 7) is 2.41. The number of ether oxygens (including phenoxy) is 3. The van der Waals surface area contributed by atoms with E-state index < -0.39 is 18.0 Å².